The fourth-order valence-electron chi connectivity index (χ4n) is 3.47. The number of carbonyl (C=O) groups excluding carboxylic acids is 2. The molecule has 2 bridgehead atoms. The van der Waals surface area contributed by atoms with Crippen LogP contribution in [-0.4, -0.2) is 23.9 Å². The van der Waals surface area contributed by atoms with E-state index >= 15 is 0 Å². The highest BCUT2D eigenvalue weighted by atomic mass is 16.2. The Bertz CT molecular complexity index is 377. The lowest BCUT2D eigenvalue weighted by atomic mass is 9.61. The van der Waals surface area contributed by atoms with E-state index in [1.54, 1.807) is 0 Å². The predicted molar refractivity (Wildman–Crippen MR) is 78.9 cm³/mol. The van der Waals surface area contributed by atoms with Gasteiger partial charge in [0.15, 0.2) is 0 Å². The molecule has 0 saturated heterocycles. The Morgan fingerprint density at radius 3 is 1.45 bits per heavy atom. The lowest BCUT2D eigenvalue weighted by Crippen LogP contribution is -2.53. The summed E-state index contributed by atoms with van der Waals surface area (Å²) in [6.45, 7) is 7.83. The number of amides is 2. The molecule has 4 nitrogen and oxygen atoms in total. The summed E-state index contributed by atoms with van der Waals surface area (Å²) in [5.41, 5.74) is 0. The molecular formula is C16H26N2O2. The smallest absolute Gasteiger partial charge is 0.224 e. The SMILES string of the molecule is CC(C)NC(=O)[C@@H]1[C@@H](C(=O)NC(C)C)[C@H]2C=C[C@H]1CC2. The average Bonchev–Trinajstić information content (AvgIpc) is 2.37. The first kappa shape index (κ1) is 15.1. The molecule has 4 atom stereocenters. The molecule has 112 valence electrons. The van der Waals surface area contributed by atoms with E-state index in [1.165, 1.54) is 0 Å². The molecule has 2 N–H and O–H groups in total. The average molecular weight is 278 g/mol. The Kier molecular flexibility index (Phi) is 4.51. The third kappa shape index (κ3) is 3.05. The van der Waals surface area contributed by atoms with E-state index in [9.17, 15) is 9.59 Å². The number of fused-ring (bicyclic) bond motifs is 2. The lowest BCUT2D eigenvalue weighted by Gasteiger charge is -2.43. The van der Waals surface area contributed by atoms with Crippen LogP contribution in [-0.2, 0) is 9.59 Å². The highest BCUT2D eigenvalue weighted by molar-refractivity contribution is 5.89. The Labute approximate surface area is 121 Å². The van der Waals surface area contributed by atoms with Crippen LogP contribution in [0.4, 0.5) is 0 Å². The van der Waals surface area contributed by atoms with Gasteiger partial charge < -0.3 is 10.6 Å². The van der Waals surface area contributed by atoms with Gasteiger partial charge in [-0.25, -0.2) is 0 Å². The van der Waals surface area contributed by atoms with Crippen molar-refractivity contribution in [1.82, 2.24) is 10.6 Å². The summed E-state index contributed by atoms with van der Waals surface area (Å²) < 4.78 is 0. The van der Waals surface area contributed by atoms with Gasteiger partial charge in [0, 0.05) is 12.1 Å². The van der Waals surface area contributed by atoms with Crippen LogP contribution in [0.2, 0.25) is 0 Å². The van der Waals surface area contributed by atoms with Crippen LogP contribution in [0.5, 0.6) is 0 Å². The normalized spacial score (nSPS) is 31.7. The van der Waals surface area contributed by atoms with Crippen molar-refractivity contribution in [2.45, 2.75) is 52.6 Å². The van der Waals surface area contributed by atoms with E-state index < -0.39 is 0 Å². The maximum atomic E-state index is 12.5. The molecule has 1 saturated carbocycles. The van der Waals surface area contributed by atoms with Gasteiger partial charge in [-0.15, -0.1) is 0 Å². The first-order valence-corrected chi connectivity index (χ1v) is 7.69. The Morgan fingerprint density at radius 1 is 0.850 bits per heavy atom. The van der Waals surface area contributed by atoms with Crippen LogP contribution in [0.3, 0.4) is 0 Å². The number of nitrogens with one attached hydrogen (secondary N) is 2. The maximum Gasteiger partial charge on any atom is 0.224 e. The van der Waals surface area contributed by atoms with Crippen molar-refractivity contribution in [1.29, 1.82) is 0 Å². The van der Waals surface area contributed by atoms with Gasteiger partial charge in [-0.1, -0.05) is 12.2 Å². The van der Waals surface area contributed by atoms with E-state index in [4.69, 9.17) is 0 Å². The van der Waals surface area contributed by atoms with Gasteiger partial charge in [-0.05, 0) is 52.4 Å². The second-order valence-electron chi connectivity index (χ2n) is 6.67. The fourth-order valence-corrected chi connectivity index (χ4v) is 3.47. The third-order valence-electron chi connectivity index (χ3n) is 4.22. The quantitative estimate of drug-likeness (QED) is 0.771. The van der Waals surface area contributed by atoms with Crippen molar-refractivity contribution in [3.05, 3.63) is 12.2 Å². The predicted octanol–water partition coefficient (Wildman–Crippen LogP) is 1.86. The van der Waals surface area contributed by atoms with Crippen molar-refractivity contribution >= 4 is 11.8 Å². The van der Waals surface area contributed by atoms with Crippen LogP contribution in [0, 0.1) is 23.7 Å². The Morgan fingerprint density at radius 2 is 1.20 bits per heavy atom. The molecule has 0 radical (unpaired) electrons. The van der Waals surface area contributed by atoms with Crippen LogP contribution >= 0.6 is 0 Å². The highest BCUT2D eigenvalue weighted by Crippen LogP contribution is 2.45. The van der Waals surface area contributed by atoms with Crippen molar-refractivity contribution < 1.29 is 9.59 Å². The fraction of sp³-hybridized carbons (Fsp3) is 0.750. The zero-order valence-electron chi connectivity index (χ0n) is 12.8. The van der Waals surface area contributed by atoms with Crippen LogP contribution < -0.4 is 10.6 Å². The summed E-state index contributed by atoms with van der Waals surface area (Å²) in [6.07, 6.45) is 6.31. The minimum atomic E-state index is -0.208. The van der Waals surface area contributed by atoms with Gasteiger partial charge in [0.1, 0.15) is 0 Å². The lowest BCUT2D eigenvalue weighted by molar-refractivity contribution is -0.141. The van der Waals surface area contributed by atoms with Gasteiger partial charge >= 0.3 is 0 Å². The zero-order valence-corrected chi connectivity index (χ0v) is 12.8. The number of hydrogen-bond acceptors (Lipinski definition) is 2. The molecule has 3 aliphatic rings. The van der Waals surface area contributed by atoms with Crippen molar-refractivity contribution in [2.24, 2.45) is 23.7 Å². The second kappa shape index (κ2) is 5.98. The summed E-state index contributed by atoms with van der Waals surface area (Å²) in [7, 11) is 0. The molecule has 0 aromatic heterocycles. The number of hydrogen-bond donors (Lipinski definition) is 2. The van der Waals surface area contributed by atoms with E-state index in [2.05, 4.69) is 22.8 Å². The van der Waals surface area contributed by atoms with E-state index in [0.717, 1.165) is 12.8 Å². The molecule has 0 spiro atoms. The summed E-state index contributed by atoms with van der Waals surface area (Å²) >= 11 is 0. The minimum Gasteiger partial charge on any atom is -0.354 e. The first-order chi connectivity index (χ1) is 9.40. The molecule has 20 heavy (non-hydrogen) atoms. The second-order valence-corrected chi connectivity index (χ2v) is 6.67. The largest absolute Gasteiger partial charge is 0.354 e. The molecule has 3 rings (SSSR count). The number of carbonyl (C=O) groups is 2. The molecule has 0 aromatic carbocycles. The Hall–Kier alpha value is -1.32. The molecule has 2 amide bonds. The van der Waals surface area contributed by atoms with Gasteiger partial charge in [0.25, 0.3) is 0 Å². The van der Waals surface area contributed by atoms with Crippen molar-refractivity contribution in [3.63, 3.8) is 0 Å². The molecule has 0 unspecified atom stereocenters. The molecule has 0 aliphatic heterocycles. The standard InChI is InChI=1S/C16H26N2O2/c1-9(2)17-15(19)13-11-5-7-12(8-6-11)14(13)16(20)18-10(3)4/h5,7,9-14H,6,8H2,1-4H3,(H,17,19)(H,18,20)/t11-,12-,13-,14-/m0/s1. The highest BCUT2D eigenvalue weighted by Gasteiger charge is 2.47. The maximum absolute atomic E-state index is 12.5. The van der Waals surface area contributed by atoms with Gasteiger partial charge in [0.05, 0.1) is 11.8 Å². The van der Waals surface area contributed by atoms with Crippen LogP contribution in [0.25, 0.3) is 0 Å². The van der Waals surface area contributed by atoms with Crippen LogP contribution in [0.15, 0.2) is 12.2 Å². The number of allylic oxidation sites excluding steroid dienone is 2. The van der Waals surface area contributed by atoms with Crippen molar-refractivity contribution in [3.8, 4) is 0 Å². The molecule has 0 heterocycles. The summed E-state index contributed by atoms with van der Waals surface area (Å²) in [5.74, 6) is 0.0639. The number of rotatable bonds is 4. The molecule has 4 heteroatoms. The summed E-state index contributed by atoms with van der Waals surface area (Å²) in [6, 6.07) is 0.224. The molecular weight excluding hydrogens is 252 g/mol. The van der Waals surface area contributed by atoms with Gasteiger partial charge in [-0.2, -0.15) is 0 Å². The molecule has 1 fully saturated rings. The van der Waals surface area contributed by atoms with Gasteiger partial charge in [0.2, 0.25) is 11.8 Å². The first-order valence-electron chi connectivity index (χ1n) is 7.69. The van der Waals surface area contributed by atoms with E-state index in [-0.39, 0.29) is 47.6 Å². The topological polar surface area (TPSA) is 58.2 Å². The molecule has 0 aromatic rings. The summed E-state index contributed by atoms with van der Waals surface area (Å²) in [4.78, 5) is 24.9. The monoisotopic (exact) mass is 278 g/mol. The van der Waals surface area contributed by atoms with Crippen molar-refractivity contribution in [2.75, 3.05) is 0 Å². The molecule has 3 aliphatic carbocycles. The van der Waals surface area contributed by atoms with E-state index in [0.29, 0.717) is 0 Å². The Balaban J connectivity index is 2.19. The zero-order chi connectivity index (χ0) is 14.9. The summed E-state index contributed by atoms with van der Waals surface area (Å²) in [5, 5.41) is 5.97. The van der Waals surface area contributed by atoms with Crippen LogP contribution in [0.1, 0.15) is 40.5 Å². The third-order valence-corrected chi connectivity index (χ3v) is 4.22. The van der Waals surface area contributed by atoms with Gasteiger partial charge in [-0.3, -0.25) is 9.59 Å². The minimum absolute atomic E-state index is 0.0305. The van der Waals surface area contributed by atoms with E-state index in [1.807, 2.05) is 27.7 Å².